The van der Waals surface area contributed by atoms with Crippen molar-refractivity contribution in [1.29, 1.82) is 0 Å². The smallest absolute Gasteiger partial charge is 0.460 e. The first-order valence-corrected chi connectivity index (χ1v) is 11.8. The Bertz CT molecular complexity index is 1870. The number of rotatable bonds is 4. The number of ether oxygens (including phenoxy) is 1. The second-order valence-electron chi connectivity index (χ2n) is 8.54. The largest absolute Gasteiger partial charge is 2.00 e. The number of hydrogen-bond acceptors (Lipinski definition) is 3. The molecule has 7 rings (SSSR count). The third kappa shape index (κ3) is 4.10. The van der Waals surface area contributed by atoms with Gasteiger partial charge in [0.2, 0.25) is 5.88 Å². The van der Waals surface area contributed by atoms with E-state index in [-0.39, 0.29) is 21.1 Å². The van der Waals surface area contributed by atoms with Gasteiger partial charge in [0.1, 0.15) is 5.82 Å². The van der Waals surface area contributed by atoms with Crippen LogP contribution in [0.15, 0.2) is 116 Å². The van der Waals surface area contributed by atoms with Crippen LogP contribution in [-0.2, 0) is 21.1 Å². The molecule has 5 heteroatoms. The van der Waals surface area contributed by atoms with E-state index in [1.54, 1.807) is 6.20 Å². The summed E-state index contributed by atoms with van der Waals surface area (Å²) in [5.41, 5.74) is 3.90. The molecule has 178 valence electrons. The summed E-state index contributed by atoms with van der Waals surface area (Å²) >= 11 is 0. The van der Waals surface area contributed by atoms with Gasteiger partial charge in [-0.05, 0) is 34.5 Å². The fraction of sp³-hybridized carbons (Fsp3) is 0. The van der Waals surface area contributed by atoms with Crippen LogP contribution in [0, 0.1) is 12.1 Å². The first kappa shape index (κ1) is 23.1. The molecule has 0 N–H and O–H groups in total. The molecule has 0 aliphatic carbocycles. The first-order chi connectivity index (χ1) is 17.8. The zero-order chi connectivity index (χ0) is 23.9. The van der Waals surface area contributed by atoms with Gasteiger partial charge in [-0.1, -0.05) is 53.9 Å². The molecule has 3 heterocycles. The molecule has 0 fully saturated rings. The molecule has 0 saturated carbocycles. The normalized spacial score (nSPS) is 11.0. The number of benzene rings is 4. The maximum Gasteiger partial charge on any atom is 2.00 e. The van der Waals surface area contributed by atoms with Crippen molar-refractivity contribution in [3.8, 4) is 28.6 Å². The van der Waals surface area contributed by atoms with Crippen LogP contribution in [0.3, 0.4) is 0 Å². The molecule has 7 aromatic rings. The quantitative estimate of drug-likeness (QED) is 0.182. The predicted octanol–water partition coefficient (Wildman–Crippen LogP) is 7.78. The van der Waals surface area contributed by atoms with Gasteiger partial charge < -0.3 is 9.30 Å². The third-order valence-electron chi connectivity index (χ3n) is 6.36. The van der Waals surface area contributed by atoms with Crippen LogP contribution in [0.1, 0.15) is 0 Å². The molecule has 0 unspecified atom stereocenters. The van der Waals surface area contributed by atoms with Crippen LogP contribution < -0.4 is 4.74 Å². The van der Waals surface area contributed by atoms with Crippen LogP contribution in [0.2, 0.25) is 0 Å². The van der Waals surface area contributed by atoms with E-state index in [4.69, 9.17) is 9.72 Å². The molecule has 0 bridgehead atoms. The molecule has 37 heavy (non-hydrogen) atoms. The van der Waals surface area contributed by atoms with E-state index in [1.165, 1.54) is 5.39 Å². The van der Waals surface area contributed by atoms with Gasteiger partial charge in [0, 0.05) is 35.1 Å². The number of pyridine rings is 2. The zero-order valence-corrected chi connectivity index (χ0v) is 21.8. The van der Waals surface area contributed by atoms with E-state index in [2.05, 4.69) is 82.3 Å². The van der Waals surface area contributed by atoms with Crippen molar-refractivity contribution in [2.24, 2.45) is 0 Å². The summed E-state index contributed by atoms with van der Waals surface area (Å²) < 4.78 is 8.13. The Labute approximate surface area is 228 Å². The van der Waals surface area contributed by atoms with Gasteiger partial charge >= 0.3 is 21.1 Å². The number of fused-ring (bicyclic) bond motifs is 4. The predicted molar refractivity (Wildman–Crippen MR) is 144 cm³/mol. The second-order valence-corrected chi connectivity index (χ2v) is 8.54. The van der Waals surface area contributed by atoms with Crippen molar-refractivity contribution in [2.75, 3.05) is 0 Å². The zero-order valence-electron chi connectivity index (χ0n) is 19.5. The number of hydrogen-bond donors (Lipinski definition) is 0. The summed E-state index contributed by atoms with van der Waals surface area (Å²) in [6.07, 6.45) is 3.58. The molecule has 0 aliphatic heterocycles. The van der Waals surface area contributed by atoms with E-state index < -0.39 is 0 Å². The minimum atomic E-state index is 0. The average molecular weight is 657 g/mol. The summed E-state index contributed by atoms with van der Waals surface area (Å²) in [5.74, 6) is 2.03. The van der Waals surface area contributed by atoms with E-state index in [0.717, 1.165) is 44.1 Å². The molecule has 0 saturated heterocycles. The first-order valence-electron chi connectivity index (χ1n) is 11.8. The summed E-state index contributed by atoms with van der Waals surface area (Å²) in [7, 11) is 0. The fourth-order valence-corrected chi connectivity index (χ4v) is 4.74. The van der Waals surface area contributed by atoms with E-state index in [0.29, 0.717) is 11.6 Å². The molecule has 0 radical (unpaired) electrons. The minimum absolute atomic E-state index is 0. The van der Waals surface area contributed by atoms with Crippen LogP contribution in [0.25, 0.3) is 49.5 Å². The summed E-state index contributed by atoms with van der Waals surface area (Å²) in [5, 5.41) is 4.54. The molecule has 0 aliphatic rings. The molecular weight excluding hydrogens is 637 g/mol. The topological polar surface area (TPSA) is 39.9 Å². The van der Waals surface area contributed by atoms with Crippen molar-refractivity contribution in [3.63, 3.8) is 0 Å². The van der Waals surface area contributed by atoms with E-state index >= 15 is 0 Å². The second kappa shape index (κ2) is 9.65. The van der Waals surface area contributed by atoms with Crippen molar-refractivity contribution in [2.45, 2.75) is 0 Å². The Morgan fingerprint density at radius 3 is 2.30 bits per heavy atom. The molecular formula is C32H19N3OPt. The number of aromatic nitrogens is 3. The number of para-hydroxylation sites is 1. The third-order valence-corrected chi connectivity index (χ3v) is 6.36. The van der Waals surface area contributed by atoms with Gasteiger partial charge in [0.15, 0.2) is 0 Å². The average Bonchev–Trinajstić information content (AvgIpc) is 3.27. The van der Waals surface area contributed by atoms with Crippen molar-refractivity contribution >= 4 is 32.6 Å². The molecule has 4 aromatic carbocycles. The van der Waals surface area contributed by atoms with Gasteiger partial charge in [-0.25, -0.2) is 21.1 Å². The summed E-state index contributed by atoms with van der Waals surface area (Å²) in [6, 6.07) is 41.6. The monoisotopic (exact) mass is 656 g/mol. The Hall–Kier alpha value is -4.27. The fourth-order valence-electron chi connectivity index (χ4n) is 4.74. The Morgan fingerprint density at radius 2 is 1.41 bits per heavy atom. The Balaban J connectivity index is 0.00000252. The number of nitrogens with zero attached hydrogens (tertiary/aromatic N) is 3. The molecule has 0 spiro atoms. The SMILES string of the molecule is [Pt+2].[c-]1c(Oc2ccccn2)cccc1-c1[c-]c2c(cc1)c1ccccc1n2-c1nccc2ccccc12. The van der Waals surface area contributed by atoms with Crippen molar-refractivity contribution in [1.82, 2.24) is 14.5 Å². The maximum atomic E-state index is 5.92. The van der Waals surface area contributed by atoms with Gasteiger partial charge in [0.25, 0.3) is 0 Å². The van der Waals surface area contributed by atoms with Gasteiger partial charge in [-0.15, -0.1) is 18.2 Å². The Kier molecular flexibility index (Phi) is 6.03. The standard InChI is InChI=1S/C32H19N3O.Pt/c1-2-11-26-22(8-1)17-19-34-32(26)35-29-13-4-3-12-27(29)28-16-15-24(21-30(28)35)23-9-7-10-25(20-23)36-31-14-5-6-18-33-31;/h1-19H;/q-2;+2. The molecule has 4 nitrogen and oxygen atoms in total. The van der Waals surface area contributed by atoms with Crippen LogP contribution in [0.4, 0.5) is 0 Å². The van der Waals surface area contributed by atoms with Crippen LogP contribution in [0.5, 0.6) is 11.6 Å². The Morgan fingerprint density at radius 1 is 0.595 bits per heavy atom. The molecule has 0 amide bonds. The minimum Gasteiger partial charge on any atom is -0.460 e. The van der Waals surface area contributed by atoms with E-state index in [9.17, 15) is 0 Å². The maximum absolute atomic E-state index is 5.92. The van der Waals surface area contributed by atoms with Crippen molar-refractivity contribution < 1.29 is 25.8 Å². The van der Waals surface area contributed by atoms with Crippen molar-refractivity contribution in [3.05, 3.63) is 128 Å². The molecule has 0 atom stereocenters. The van der Waals surface area contributed by atoms with E-state index in [1.807, 2.05) is 48.7 Å². The summed E-state index contributed by atoms with van der Waals surface area (Å²) in [4.78, 5) is 9.07. The van der Waals surface area contributed by atoms with Gasteiger partial charge in [0.05, 0.1) is 0 Å². The van der Waals surface area contributed by atoms with Crippen LogP contribution in [-0.4, -0.2) is 14.5 Å². The van der Waals surface area contributed by atoms with Crippen LogP contribution >= 0.6 is 0 Å². The summed E-state index contributed by atoms with van der Waals surface area (Å²) in [6.45, 7) is 0. The van der Waals surface area contributed by atoms with Gasteiger partial charge in [-0.2, -0.15) is 24.3 Å². The van der Waals surface area contributed by atoms with Gasteiger partial charge in [-0.3, -0.25) is 0 Å². The molecule has 3 aromatic heterocycles.